The molecule has 0 bridgehead atoms. The van der Waals surface area contributed by atoms with Crippen molar-refractivity contribution in [3.05, 3.63) is 52.9 Å². The van der Waals surface area contributed by atoms with E-state index in [1.165, 1.54) is 0 Å². The minimum absolute atomic E-state index is 0.0636. The fourth-order valence-electron chi connectivity index (χ4n) is 2.54. The van der Waals surface area contributed by atoms with Gasteiger partial charge in [0.2, 0.25) is 0 Å². The molecule has 3 aromatic heterocycles. The van der Waals surface area contributed by atoms with Gasteiger partial charge in [-0.2, -0.15) is 5.10 Å². The molecule has 1 N–H and O–H groups in total. The molecule has 0 aliphatic carbocycles. The number of aryl methyl sites for hydroxylation is 2. The van der Waals surface area contributed by atoms with E-state index in [0.717, 1.165) is 0 Å². The summed E-state index contributed by atoms with van der Waals surface area (Å²) in [5.41, 5.74) is 1.66. The summed E-state index contributed by atoms with van der Waals surface area (Å²) in [5.74, 6) is 0.0334. The summed E-state index contributed by atoms with van der Waals surface area (Å²) in [5, 5.41) is 18.9. The van der Waals surface area contributed by atoms with Crippen LogP contribution in [0.4, 0.5) is 6.01 Å². The maximum atomic E-state index is 12.7. The average Bonchev–Trinajstić information content (AvgIpc) is 3.35. The molecule has 0 fully saturated rings. The summed E-state index contributed by atoms with van der Waals surface area (Å²) in [7, 11) is 1.77. The van der Waals surface area contributed by atoms with Crippen LogP contribution in [0.2, 0.25) is 5.02 Å². The van der Waals surface area contributed by atoms with Crippen LogP contribution in [0.1, 0.15) is 16.1 Å². The number of anilines is 1. The number of rotatable bonds is 4. The van der Waals surface area contributed by atoms with E-state index >= 15 is 0 Å². The highest BCUT2D eigenvalue weighted by Gasteiger charge is 2.24. The summed E-state index contributed by atoms with van der Waals surface area (Å²) in [6, 6.07) is 8.70. The molecular weight excluding hydrogens is 372 g/mol. The maximum absolute atomic E-state index is 12.7. The smallest absolute Gasteiger partial charge is 0.322 e. The molecule has 10 heteroatoms. The van der Waals surface area contributed by atoms with Crippen molar-refractivity contribution < 1.29 is 13.7 Å². The molecule has 0 aliphatic rings. The van der Waals surface area contributed by atoms with Crippen molar-refractivity contribution in [2.24, 2.45) is 7.05 Å². The van der Waals surface area contributed by atoms with Gasteiger partial charge in [-0.15, -0.1) is 5.10 Å². The number of hydrogen-bond donors (Lipinski definition) is 1. The zero-order valence-corrected chi connectivity index (χ0v) is 15.1. The maximum Gasteiger partial charge on any atom is 0.322 e. The largest absolute Gasteiger partial charge is 0.401 e. The second-order valence-electron chi connectivity index (χ2n) is 5.68. The van der Waals surface area contributed by atoms with Gasteiger partial charge < -0.3 is 8.94 Å². The van der Waals surface area contributed by atoms with E-state index in [4.69, 9.17) is 20.5 Å². The summed E-state index contributed by atoms with van der Waals surface area (Å²) in [6.07, 6.45) is 1.74. The first-order valence-electron chi connectivity index (χ1n) is 7.89. The van der Waals surface area contributed by atoms with Crippen LogP contribution >= 0.6 is 11.6 Å². The van der Waals surface area contributed by atoms with Crippen molar-refractivity contribution in [3.8, 4) is 22.8 Å². The quantitative estimate of drug-likeness (QED) is 0.574. The standard InChI is InChI=1S/C17H13ClN6O3/c1-9-13(14(23-27-9)10-5-3-4-6-11(10)18)15(25)19-17-21-20-16(26-17)12-7-8-24(2)22-12/h3-8H,1-2H3,(H,19,21,25). The van der Waals surface area contributed by atoms with Gasteiger partial charge in [0.25, 0.3) is 11.8 Å². The predicted molar refractivity (Wildman–Crippen MR) is 96.1 cm³/mol. The van der Waals surface area contributed by atoms with Crippen LogP contribution in [0.5, 0.6) is 0 Å². The first kappa shape index (κ1) is 17.0. The van der Waals surface area contributed by atoms with Crippen LogP contribution in [0.25, 0.3) is 22.8 Å². The van der Waals surface area contributed by atoms with E-state index in [-0.39, 0.29) is 17.5 Å². The van der Waals surface area contributed by atoms with Gasteiger partial charge in [-0.25, -0.2) is 0 Å². The van der Waals surface area contributed by atoms with Gasteiger partial charge in [0, 0.05) is 18.8 Å². The molecule has 27 heavy (non-hydrogen) atoms. The van der Waals surface area contributed by atoms with Gasteiger partial charge in [-0.1, -0.05) is 40.1 Å². The van der Waals surface area contributed by atoms with Crippen molar-refractivity contribution in [2.45, 2.75) is 6.92 Å². The van der Waals surface area contributed by atoms with Crippen LogP contribution in [0.3, 0.4) is 0 Å². The highest BCUT2D eigenvalue weighted by Crippen LogP contribution is 2.31. The normalized spacial score (nSPS) is 10.9. The van der Waals surface area contributed by atoms with Crippen LogP contribution in [0, 0.1) is 6.92 Å². The van der Waals surface area contributed by atoms with Crippen LogP contribution in [-0.4, -0.2) is 31.0 Å². The molecule has 0 aliphatic heterocycles. The first-order valence-corrected chi connectivity index (χ1v) is 8.27. The van der Waals surface area contributed by atoms with Gasteiger partial charge in [-0.05, 0) is 19.1 Å². The van der Waals surface area contributed by atoms with Crippen LogP contribution in [-0.2, 0) is 7.05 Å². The Morgan fingerprint density at radius 1 is 1.22 bits per heavy atom. The number of nitrogens with zero attached hydrogens (tertiary/aromatic N) is 5. The van der Waals surface area contributed by atoms with Crippen molar-refractivity contribution in [1.82, 2.24) is 25.1 Å². The van der Waals surface area contributed by atoms with E-state index < -0.39 is 5.91 Å². The van der Waals surface area contributed by atoms with Gasteiger partial charge in [0.05, 0.1) is 5.02 Å². The molecule has 1 amide bonds. The van der Waals surface area contributed by atoms with E-state index in [1.807, 2.05) is 0 Å². The number of halogens is 1. The zero-order chi connectivity index (χ0) is 19.0. The molecule has 0 spiro atoms. The van der Waals surface area contributed by atoms with Gasteiger partial charge in [0.1, 0.15) is 22.7 Å². The summed E-state index contributed by atoms with van der Waals surface area (Å²) in [4.78, 5) is 12.7. The SMILES string of the molecule is Cc1onc(-c2ccccc2Cl)c1C(=O)Nc1nnc(-c2ccn(C)n2)o1. The lowest BCUT2D eigenvalue weighted by Gasteiger charge is -2.03. The lowest BCUT2D eigenvalue weighted by molar-refractivity contribution is 0.102. The average molecular weight is 385 g/mol. The second kappa shape index (κ2) is 6.69. The Hall–Kier alpha value is -3.46. The lowest BCUT2D eigenvalue weighted by atomic mass is 10.1. The van der Waals surface area contributed by atoms with Crippen molar-refractivity contribution >= 4 is 23.5 Å². The molecular formula is C17H13ClN6O3. The second-order valence-corrected chi connectivity index (χ2v) is 6.09. The number of hydrogen-bond acceptors (Lipinski definition) is 7. The third-order valence-electron chi connectivity index (χ3n) is 3.80. The van der Waals surface area contributed by atoms with E-state index in [9.17, 15) is 4.79 Å². The van der Waals surface area contributed by atoms with Crippen LogP contribution in [0.15, 0.2) is 45.5 Å². The first-order chi connectivity index (χ1) is 13.0. The summed E-state index contributed by atoms with van der Waals surface area (Å²) >= 11 is 6.21. The number of nitrogens with one attached hydrogen (secondary N) is 1. The molecule has 3 heterocycles. The third kappa shape index (κ3) is 3.20. The Labute approximate surface area is 157 Å². The lowest BCUT2D eigenvalue weighted by Crippen LogP contribution is -2.13. The highest BCUT2D eigenvalue weighted by atomic mass is 35.5. The van der Waals surface area contributed by atoms with Gasteiger partial charge in [0.15, 0.2) is 0 Å². The van der Waals surface area contributed by atoms with Crippen molar-refractivity contribution in [2.75, 3.05) is 5.32 Å². The van der Waals surface area contributed by atoms with E-state index in [2.05, 4.69) is 25.8 Å². The molecule has 0 unspecified atom stereocenters. The molecule has 0 radical (unpaired) electrons. The van der Waals surface area contributed by atoms with E-state index in [0.29, 0.717) is 27.7 Å². The molecule has 0 saturated carbocycles. The van der Waals surface area contributed by atoms with Gasteiger partial charge >= 0.3 is 6.01 Å². The topological polar surface area (TPSA) is 112 Å². The molecule has 0 atom stereocenters. The summed E-state index contributed by atoms with van der Waals surface area (Å²) in [6.45, 7) is 1.63. The van der Waals surface area contributed by atoms with Gasteiger partial charge in [-0.3, -0.25) is 14.8 Å². The Bertz CT molecular complexity index is 1130. The Morgan fingerprint density at radius 2 is 2.04 bits per heavy atom. The highest BCUT2D eigenvalue weighted by molar-refractivity contribution is 6.33. The number of amides is 1. The monoisotopic (exact) mass is 384 g/mol. The fourth-order valence-corrected chi connectivity index (χ4v) is 2.77. The van der Waals surface area contributed by atoms with E-state index in [1.54, 1.807) is 55.2 Å². The minimum atomic E-state index is -0.500. The van der Waals surface area contributed by atoms with Crippen molar-refractivity contribution in [1.29, 1.82) is 0 Å². The molecule has 136 valence electrons. The molecule has 0 saturated heterocycles. The summed E-state index contributed by atoms with van der Waals surface area (Å²) < 4.78 is 12.3. The predicted octanol–water partition coefficient (Wildman–Crippen LogP) is 3.34. The van der Waals surface area contributed by atoms with Crippen molar-refractivity contribution in [3.63, 3.8) is 0 Å². The molecule has 1 aromatic carbocycles. The Kier molecular flexibility index (Phi) is 4.21. The molecule has 4 aromatic rings. The Morgan fingerprint density at radius 3 is 2.78 bits per heavy atom. The number of aromatic nitrogens is 5. The number of carbonyl (C=O) groups excluding carboxylic acids is 1. The molecule has 4 rings (SSSR count). The number of benzene rings is 1. The fraction of sp³-hybridized carbons (Fsp3) is 0.118. The van der Waals surface area contributed by atoms with Crippen LogP contribution < -0.4 is 5.32 Å². The zero-order valence-electron chi connectivity index (χ0n) is 14.3. The third-order valence-corrected chi connectivity index (χ3v) is 4.13. The Balaban J connectivity index is 1.62. The number of carbonyl (C=O) groups is 1. The molecule has 9 nitrogen and oxygen atoms in total. The minimum Gasteiger partial charge on any atom is -0.401 e.